The van der Waals surface area contributed by atoms with Crippen LogP contribution in [0.25, 0.3) is 0 Å². The van der Waals surface area contributed by atoms with Crippen molar-refractivity contribution in [2.45, 2.75) is 39.7 Å². The lowest BCUT2D eigenvalue weighted by Gasteiger charge is -2.40. The zero-order chi connectivity index (χ0) is 18.1. The van der Waals surface area contributed by atoms with Crippen LogP contribution < -0.4 is 9.47 Å². The van der Waals surface area contributed by atoms with Crippen LogP contribution in [0.1, 0.15) is 36.5 Å². The molecule has 3 heterocycles. The van der Waals surface area contributed by atoms with Crippen LogP contribution in [0.4, 0.5) is 0 Å². The summed E-state index contributed by atoms with van der Waals surface area (Å²) in [4.78, 5) is 18.6. The largest absolute Gasteiger partial charge is 0.454 e. The molecule has 0 bridgehead atoms. The Hall–Kier alpha value is -2.56. The molecular weight excluding hydrogens is 328 g/mol. The van der Waals surface area contributed by atoms with E-state index >= 15 is 0 Å². The third-order valence-electron chi connectivity index (χ3n) is 5.43. The van der Waals surface area contributed by atoms with Crippen molar-refractivity contribution in [3.63, 3.8) is 0 Å². The second kappa shape index (κ2) is 6.63. The van der Waals surface area contributed by atoms with Gasteiger partial charge in [-0.25, -0.2) is 0 Å². The molecule has 5 nitrogen and oxygen atoms in total. The van der Waals surface area contributed by atoms with Crippen molar-refractivity contribution in [1.29, 1.82) is 0 Å². The quantitative estimate of drug-likeness (QED) is 0.845. The minimum atomic E-state index is 0.0581. The number of benzene rings is 1. The van der Waals surface area contributed by atoms with E-state index in [2.05, 4.69) is 24.0 Å². The third kappa shape index (κ3) is 3.39. The first-order valence-corrected chi connectivity index (χ1v) is 9.08. The van der Waals surface area contributed by atoms with Gasteiger partial charge in [0.05, 0.1) is 0 Å². The van der Waals surface area contributed by atoms with Crippen LogP contribution in [0.3, 0.4) is 0 Å². The van der Waals surface area contributed by atoms with Gasteiger partial charge < -0.3 is 14.4 Å². The zero-order valence-electron chi connectivity index (χ0n) is 15.3. The van der Waals surface area contributed by atoms with Crippen LogP contribution in [-0.2, 0) is 17.8 Å². The smallest absolute Gasteiger partial charge is 0.231 e. The second-order valence-electron chi connectivity index (χ2n) is 7.73. The number of carbonyl (C=O) groups is 1. The maximum Gasteiger partial charge on any atom is 0.231 e. The molecule has 1 aromatic heterocycles. The van der Waals surface area contributed by atoms with Crippen LogP contribution in [0.5, 0.6) is 11.5 Å². The number of aryl methyl sites for hydroxylation is 1. The summed E-state index contributed by atoms with van der Waals surface area (Å²) in [6.45, 7) is 6.04. The van der Waals surface area contributed by atoms with Crippen molar-refractivity contribution in [3.05, 3.63) is 53.3 Å². The number of rotatable bonds is 4. The van der Waals surface area contributed by atoms with Gasteiger partial charge >= 0.3 is 0 Å². The van der Waals surface area contributed by atoms with Crippen molar-refractivity contribution in [2.24, 2.45) is 5.41 Å². The third-order valence-corrected chi connectivity index (χ3v) is 5.43. The van der Waals surface area contributed by atoms with Crippen LogP contribution in [0, 0.1) is 12.3 Å². The topological polar surface area (TPSA) is 51.7 Å². The first-order chi connectivity index (χ1) is 12.5. The van der Waals surface area contributed by atoms with Gasteiger partial charge in [0.25, 0.3) is 0 Å². The number of hydrogen-bond acceptors (Lipinski definition) is 4. The van der Waals surface area contributed by atoms with E-state index in [1.54, 1.807) is 6.20 Å². The Morgan fingerprint density at radius 2 is 2.08 bits per heavy atom. The molecule has 26 heavy (non-hydrogen) atoms. The Labute approximate surface area is 153 Å². The molecule has 1 atom stereocenters. The van der Waals surface area contributed by atoms with E-state index in [9.17, 15) is 4.79 Å². The predicted octanol–water partition coefficient (Wildman–Crippen LogP) is 3.49. The molecule has 2 aliphatic heterocycles. The van der Waals surface area contributed by atoms with E-state index in [1.807, 2.05) is 30.2 Å². The highest BCUT2D eigenvalue weighted by atomic mass is 16.7. The number of aromatic nitrogens is 1. The summed E-state index contributed by atoms with van der Waals surface area (Å²) in [5, 5.41) is 0. The Balaban J connectivity index is 1.49. The highest BCUT2D eigenvalue weighted by Gasteiger charge is 2.35. The van der Waals surface area contributed by atoms with Crippen LogP contribution in [0.15, 0.2) is 36.7 Å². The minimum absolute atomic E-state index is 0.0581. The van der Waals surface area contributed by atoms with E-state index in [0.717, 1.165) is 36.4 Å². The van der Waals surface area contributed by atoms with Gasteiger partial charge in [0, 0.05) is 31.9 Å². The van der Waals surface area contributed by atoms with Crippen LogP contribution >= 0.6 is 0 Å². The molecule has 1 amide bonds. The van der Waals surface area contributed by atoms with Crippen molar-refractivity contribution in [1.82, 2.24) is 9.88 Å². The van der Waals surface area contributed by atoms with Crippen molar-refractivity contribution < 1.29 is 14.3 Å². The highest BCUT2D eigenvalue weighted by Crippen LogP contribution is 2.38. The fourth-order valence-corrected chi connectivity index (χ4v) is 3.91. The maximum absolute atomic E-state index is 12.5. The van der Waals surface area contributed by atoms with E-state index < -0.39 is 0 Å². The van der Waals surface area contributed by atoms with Gasteiger partial charge in [-0.2, -0.15) is 0 Å². The molecule has 1 fully saturated rings. The lowest BCUT2D eigenvalue weighted by molar-refractivity contribution is -0.137. The van der Waals surface area contributed by atoms with Gasteiger partial charge in [0.15, 0.2) is 11.5 Å². The van der Waals surface area contributed by atoms with Gasteiger partial charge in [0.1, 0.15) is 0 Å². The van der Waals surface area contributed by atoms with Crippen molar-refractivity contribution in [2.75, 3.05) is 13.3 Å². The fraction of sp³-hybridized carbons (Fsp3) is 0.429. The molecule has 136 valence electrons. The van der Waals surface area contributed by atoms with E-state index in [0.29, 0.717) is 19.8 Å². The van der Waals surface area contributed by atoms with E-state index in [1.165, 1.54) is 11.1 Å². The monoisotopic (exact) mass is 352 g/mol. The van der Waals surface area contributed by atoms with Gasteiger partial charge in [-0.1, -0.05) is 13.0 Å². The average Bonchev–Trinajstić information content (AvgIpc) is 3.08. The minimum Gasteiger partial charge on any atom is -0.454 e. The lowest BCUT2D eigenvalue weighted by Crippen LogP contribution is -2.45. The first-order valence-electron chi connectivity index (χ1n) is 9.08. The lowest BCUT2D eigenvalue weighted by atomic mass is 9.76. The summed E-state index contributed by atoms with van der Waals surface area (Å²) in [6, 6.07) is 8.16. The van der Waals surface area contributed by atoms with E-state index in [4.69, 9.17) is 9.47 Å². The Morgan fingerprint density at radius 1 is 1.23 bits per heavy atom. The molecule has 1 unspecified atom stereocenters. The zero-order valence-corrected chi connectivity index (χ0v) is 15.3. The summed E-state index contributed by atoms with van der Waals surface area (Å²) >= 11 is 0. The molecular formula is C21H24N2O3. The summed E-state index contributed by atoms with van der Waals surface area (Å²) in [5.74, 6) is 1.87. The number of likely N-dealkylation sites (tertiary alicyclic amines) is 1. The number of carbonyl (C=O) groups excluding carboxylic acids is 1. The summed E-state index contributed by atoms with van der Waals surface area (Å²) in [5.41, 5.74) is 3.58. The van der Waals surface area contributed by atoms with Crippen LogP contribution in [-0.4, -0.2) is 29.1 Å². The average molecular weight is 352 g/mol. The van der Waals surface area contributed by atoms with Crippen molar-refractivity contribution >= 4 is 5.91 Å². The summed E-state index contributed by atoms with van der Waals surface area (Å²) in [6.07, 6.45) is 6.08. The molecule has 4 rings (SSSR count). The number of pyridine rings is 1. The highest BCUT2D eigenvalue weighted by molar-refractivity contribution is 5.77. The van der Waals surface area contributed by atoms with Crippen molar-refractivity contribution in [3.8, 4) is 11.5 Å². The van der Waals surface area contributed by atoms with E-state index in [-0.39, 0.29) is 11.3 Å². The van der Waals surface area contributed by atoms with Gasteiger partial charge in [-0.3, -0.25) is 9.78 Å². The number of piperidine rings is 1. The molecule has 0 N–H and O–H groups in total. The molecule has 0 saturated carbocycles. The Bertz CT molecular complexity index is 836. The molecule has 0 radical (unpaired) electrons. The molecule has 5 heteroatoms. The van der Waals surface area contributed by atoms with Crippen LogP contribution in [0.2, 0.25) is 0 Å². The SMILES string of the molecule is Cc1cnccc1CN1CC(C)(Cc2ccc3c(c2)OCO3)CCC1=O. The predicted molar refractivity (Wildman–Crippen MR) is 98.0 cm³/mol. The van der Waals surface area contributed by atoms with Gasteiger partial charge in [0.2, 0.25) is 12.7 Å². The molecule has 0 spiro atoms. The normalized spacial score (nSPS) is 21.9. The Kier molecular flexibility index (Phi) is 4.31. The van der Waals surface area contributed by atoms with Gasteiger partial charge in [-0.05, 0) is 60.1 Å². The summed E-state index contributed by atoms with van der Waals surface area (Å²) in [7, 11) is 0. The molecule has 1 aromatic carbocycles. The first kappa shape index (κ1) is 16.9. The number of amides is 1. The number of hydrogen-bond donors (Lipinski definition) is 0. The molecule has 2 aliphatic rings. The number of fused-ring (bicyclic) bond motifs is 1. The molecule has 1 saturated heterocycles. The molecule has 0 aliphatic carbocycles. The number of nitrogens with zero attached hydrogens (tertiary/aromatic N) is 2. The fourth-order valence-electron chi connectivity index (χ4n) is 3.91. The molecule has 2 aromatic rings. The Morgan fingerprint density at radius 3 is 2.92 bits per heavy atom. The standard InChI is InChI=1S/C21H24N2O3/c1-15-11-22-8-6-17(15)12-23-13-21(2,7-5-20(23)24)10-16-3-4-18-19(9-16)26-14-25-18/h3-4,6,8-9,11H,5,7,10,12-14H2,1-2H3. The summed E-state index contributed by atoms with van der Waals surface area (Å²) < 4.78 is 10.9. The second-order valence-corrected chi connectivity index (χ2v) is 7.73. The number of ether oxygens (including phenoxy) is 2. The van der Waals surface area contributed by atoms with Gasteiger partial charge in [-0.15, -0.1) is 0 Å². The maximum atomic E-state index is 12.5.